The number of hydrogen-bond donors (Lipinski definition) is 3. The van der Waals surface area contributed by atoms with Crippen LogP contribution >= 0.6 is 0 Å². The molecule has 1 atom stereocenters. The number of hydrogen-bond acceptors (Lipinski definition) is 4. The molecule has 86 valence electrons. The molecule has 5 heteroatoms. The summed E-state index contributed by atoms with van der Waals surface area (Å²) in [6.07, 6.45) is 1.61. The first-order valence-corrected chi connectivity index (χ1v) is 5.29. The summed E-state index contributed by atoms with van der Waals surface area (Å²) in [7, 11) is 0. The molecule has 1 heterocycles. The first kappa shape index (κ1) is 12.1. The maximum atomic E-state index is 11.3. The van der Waals surface area contributed by atoms with Crippen molar-refractivity contribution in [2.75, 3.05) is 6.61 Å². The summed E-state index contributed by atoms with van der Waals surface area (Å²) in [6.45, 7) is 3.86. The quantitative estimate of drug-likeness (QED) is 0.541. The standard InChI is InChI=1S/C10H18N2O3/c1-3-10(4-2,6-13)12-7-5-8(14)11-9(7)15/h7,12-13H,3-6H2,1-2H3,(H,11,14,15). The molecule has 0 aromatic heterocycles. The molecule has 0 spiro atoms. The Bertz CT molecular complexity index is 253. The smallest absolute Gasteiger partial charge is 0.244 e. The van der Waals surface area contributed by atoms with E-state index in [0.29, 0.717) is 0 Å². The number of carbonyl (C=O) groups excluding carboxylic acids is 2. The van der Waals surface area contributed by atoms with Crippen molar-refractivity contribution >= 4 is 11.8 Å². The Morgan fingerprint density at radius 3 is 2.40 bits per heavy atom. The second-order valence-corrected chi connectivity index (χ2v) is 3.96. The molecule has 1 rings (SSSR count). The van der Waals surface area contributed by atoms with Crippen LogP contribution in [0.1, 0.15) is 33.1 Å². The van der Waals surface area contributed by atoms with Gasteiger partial charge in [-0.15, -0.1) is 0 Å². The summed E-state index contributed by atoms with van der Waals surface area (Å²) in [5.74, 6) is -0.545. The summed E-state index contributed by atoms with van der Waals surface area (Å²) in [5, 5.41) is 14.6. The molecular weight excluding hydrogens is 196 g/mol. The molecule has 0 bridgehead atoms. The summed E-state index contributed by atoms with van der Waals surface area (Å²) in [5.41, 5.74) is -0.452. The Morgan fingerprint density at radius 2 is 2.07 bits per heavy atom. The second kappa shape index (κ2) is 4.72. The maximum absolute atomic E-state index is 11.3. The summed E-state index contributed by atoms with van der Waals surface area (Å²) in [6, 6.07) is -0.496. The van der Waals surface area contributed by atoms with Gasteiger partial charge in [0, 0.05) is 5.54 Å². The zero-order chi connectivity index (χ0) is 11.5. The molecule has 0 aromatic rings. The van der Waals surface area contributed by atoms with Crippen molar-refractivity contribution in [3.8, 4) is 0 Å². The molecule has 1 aliphatic rings. The first-order chi connectivity index (χ1) is 7.06. The van der Waals surface area contributed by atoms with Gasteiger partial charge in [-0.2, -0.15) is 0 Å². The Hall–Kier alpha value is -0.940. The second-order valence-electron chi connectivity index (χ2n) is 3.96. The minimum Gasteiger partial charge on any atom is -0.394 e. The number of nitrogens with one attached hydrogen (secondary N) is 2. The highest BCUT2D eigenvalue weighted by atomic mass is 16.3. The predicted octanol–water partition coefficient (Wildman–Crippen LogP) is -0.458. The van der Waals surface area contributed by atoms with Crippen molar-refractivity contribution < 1.29 is 14.7 Å². The Labute approximate surface area is 89.2 Å². The Balaban J connectivity index is 2.66. The van der Waals surface area contributed by atoms with Crippen LogP contribution in [0.5, 0.6) is 0 Å². The third-order valence-corrected chi connectivity index (χ3v) is 3.11. The van der Waals surface area contributed by atoms with Crippen LogP contribution in [-0.4, -0.2) is 35.1 Å². The van der Waals surface area contributed by atoms with E-state index in [2.05, 4.69) is 10.6 Å². The van der Waals surface area contributed by atoms with Crippen LogP contribution in [0, 0.1) is 0 Å². The van der Waals surface area contributed by atoms with Gasteiger partial charge in [-0.25, -0.2) is 0 Å². The van der Waals surface area contributed by atoms with E-state index in [4.69, 9.17) is 0 Å². The van der Waals surface area contributed by atoms with E-state index < -0.39 is 11.6 Å². The van der Waals surface area contributed by atoms with E-state index in [0.717, 1.165) is 12.8 Å². The fourth-order valence-electron chi connectivity index (χ4n) is 1.76. The highest BCUT2D eigenvalue weighted by Gasteiger charge is 2.36. The zero-order valence-electron chi connectivity index (χ0n) is 9.17. The molecule has 0 aliphatic carbocycles. The molecule has 1 fully saturated rings. The lowest BCUT2D eigenvalue weighted by Gasteiger charge is -2.32. The third-order valence-electron chi connectivity index (χ3n) is 3.11. The average Bonchev–Trinajstić information content (AvgIpc) is 2.54. The fourth-order valence-corrected chi connectivity index (χ4v) is 1.76. The van der Waals surface area contributed by atoms with Gasteiger partial charge in [0.15, 0.2) is 0 Å². The molecule has 1 unspecified atom stereocenters. The van der Waals surface area contributed by atoms with E-state index in [9.17, 15) is 14.7 Å². The normalized spacial score (nSPS) is 21.9. The van der Waals surface area contributed by atoms with Crippen LogP contribution in [0.25, 0.3) is 0 Å². The zero-order valence-corrected chi connectivity index (χ0v) is 9.17. The molecule has 1 aliphatic heterocycles. The Kier molecular flexibility index (Phi) is 3.82. The average molecular weight is 214 g/mol. The topological polar surface area (TPSA) is 78.4 Å². The number of imide groups is 1. The number of aliphatic hydroxyl groups is 1. The Morgan fingerprint density at radius 1 is 1.47 bits per heavy atom. The molecule has 5 nitrogen and oxygen atoms in total. The molecule has 0 saturated carbocycles. The van der Waals surface area contributed by atoms with Gasteiger partial charge in [-0.1, -0.05) is 13.8 Å². The van der Waals surface area contributed by atoms with Crippen LogP contribution < -0.4 is 10.6 Å². The molecule has 1 saturated heterocycles. The monoisotopic (exact) mass is 214 g/mol. The van der Waals surface area contributed by atoms with Gasteiger partial charge in [0.05, 0.1) is 19.1 Å². The lowest BCUT2D eigenvalue weighted by Crippen LogP contribution is -2.54. The summed E-state index contributed by atoms with van der Waals surface area (Å²) >= 11 is 0. The van der Waals surface area contributed by atoms with E-state index in [1.807, 2.05) is 13.8 Å². The lowest BCUT2D eigenvalue weighted by molar-refractivity contribution is -0.125. The van der Waals surface area contributed by atoms with Crippen LogP contribution in [0.3, 0.4) is 0 Å². The van der Waals surface area contributed by atoms with Gasteiger partial charge in [-0.05, 0) is 12.8 Å². The van der Waals surface area contributed by atoms with Gasteiger partial charge >= 0.3 is 0 Å². The minimum absolute atomic E-state index is 0.0298. The van der Waals surface area contributed by atoms with Crippen LogP contribution in [0.15, 0.2) is 0 Å². The maximum Gasteiger partial charge on any atom is 0.244 e. The fraction of sp³-hybridized carbons (Fsp3) is 0.800. The van der Waals surface area contributed by atoms with Crippen molar-refractivity contribution in [1.29, 1.82) is 0 Å². The van der Waals surface area contributed by atoms with Crippen molar-refractivity contribution in [3.05, 3.63) is 0 Å². The van der Waals surface area contributed by atoms with Gasteiger partial charge in [-0.3, -0.25) is 20.2 Å². The number of rotatable bonds is 5. The van der Waals surface area contributed by atoms with E-state index >= 15 is 0 Å². The molecule has 15 heavy (non-hydrogen) atoms. The summed E-state index contributed by atoms with van der Waals surface area (Å²) < 4.78 is 0. The number of aliphatic hydroxyl groups excluding tert-OH is 1. The predicted molar refractivity (Wildman–Crippen MR) is 55.1 cm³/mol. The highest BCUT2D eigenvalue weighted by Crippen LogP contribution is 2.17. The number of carbonyl (C=O) groups is 2. The van der Waals surface area contributed by atoms with Crippen LogP contribution in [-0.2, 0) is 9.59 Å². The van der Waals surface area contributed by atoms with Gasteiger partial charge in [0.2, 0.25) is 11.8 Å². The van der Waals surface area contributed by atoms with Crippen molar-refractivity contribution in [2.45, 2.75) is 44.7 Å². The number of amides is 2. The first-order valence-electron chi connectivity index (χ1n) is 5.29. The van der Waals surface area contributed by atoms with Crippen molar-refractivity contribution in [3.63, 3.8) is 0 Å². The largest absolute Gasteiger partial charge is 0.394 e. The van der Waals surface area contributed by atoms with E-state index in [-0.39, 0.29) is 24.8 Å². The molecular formula is C10H18N2O3. The lowest BCUT2D eigenvalue weighted by atomic mass is 9.92. The van der Waals surface area contributed by atoms with Gasteiger partial charge < -0.3 is 5.11 Å². The van der Waals surface area contributed by atoms with Crippen molar-refractivity contribution in [2.24, 2.45) is 0 Å². The van der Waals surface area contributed by atoms with Gasteiger partial charge in [0.25, 0.3) is 0 Å². The van der Waals surface area contributed by atoms with Crippen LogP contribution in [0.4, 0.5) is 0 Å². The van der Waals surface area contributed by atoms with Crippen molar-refractivity contribution in [1.82, 2.24) is 10.6 Å². The highest BCUT2D eigenvalue weighted by molar-refractivity contribution is 6.05. The van der Waals surface area contributed by atoms with Gasteiger partial charge in [0.1, 0.15) is 0 Å². The molecule has 2 amide bonds. The SMILES string of the molecule is CCC(CC)(CO)NC1CC(=O)NC1=O. The molecule has 0 radical (unpaired) electrons. The van der Waals surface area contributed by atoms with Crippen LogP contribution in [0.2, 0.25) is 0 Å². The molecule has 3 N–H and O–H groups in total. The third kappa shape index (κ3) is 2.54. The summed E-state index contributed by atoms with van der Waals surface area (Å²) in [4.78, 5) is 22.3. The minimum atomic E-state index is -0.496. The van der Waals surface area contributed by atoms with E-state index in [1.54, 1.807) is 0 Å². The van der Waals surface area contributed by atoms with E-state index in [1.165, 1.54) is 0 Å². The molecule has 0 aromatic carbocycles.